The number of halogens is 3. The van der Waals surface area contributed by atoms with Gasteiger partial charge < -0.3 is 15.2 Å². The van der Waals surface area contributed by atoms with Gasteiger partial charge in [0.25, 0.3) is 0 Å². The number of aliphatic hydroxyl groups is 1. The second kappa shape index (κ2) is 9.82. The van der Waals surface area contributed by atoms with E-state index in [1.807, 2.05) is 13.0 Å². The summed E-state index contributed by atoms with van der Waals surface area (Å²) in [6.07, 6.45) is -2.93. The second-order valence-electron chi connectivity index (χ2n) is 9.55. The number of nitrogens with zero attached hydrogens (tertiary/aromatic N) is 3. The van der Waals surface area contributed by atoms with E-state index in [9.17, 15) is 27.9 Å². The van der Waals surface area contributed by atoms with E-state index < -0.39 is 41.2 Å². The van der Waals surface area contributed by atoms with E-state index in [1.54, 1.807) is 26.0 Å². The number of carbonyl (C=O) groups is 2. The molecule has 0 saturated heterocycles. The third-order valence-corrected chi connectivity index (χ3v) is 7.70. The molecule has 1 aliphatic carbocycles. The van der Waals surface area contributed by atoms with Crippen LogP contribution in [-0.4, -0.2) is 45.0 Å². The number of Topliss-reactive ketones (excluding diaryl/α,β-unsaturated/α-hetero) is 1. The lowest BCUT2D eigenvalue weighted by atomic mass is 9.80. The summed E-state index contributed by atoms with van der Waals surface area (Å²) in [5.74, 6) is -2.45. The Labute approximate surface area is 214 Å². The van der Waals surface area contributed by atoms with Crippen LogP contribution < -0.4 is 5.32 Å². The molecule has 37 heavy (non-hydrogen) atoms. The lowest BCUT2D eigenvalue weighted by Gasteiger charge is -2.28. The Hall–Kier alpha value is -3.38. The van der Waals surface area contributed by atoms with Gasteiger partial charge in [0.1, 0.15) is 5.69 Å². The topological polar surface area (TPSA) is 114 Å². The van der Waals surface area contributed by atoms with Crippen molar-refractivity contribution in [2.75, 3.05) is 12.4 Å². The van der Waals surface area contributed by atoms with Crippen LogP contribution in [0.3, 0.4) is 0 Å². The Kier molecular flexibility index (Phi) is 7.08. The molecule has 1 saturated carbocycles. The van der Waals surface area contributed by atoms with E-state index in [4.69, 9.17) is 4.74 Å². The van der Waals surface area contributed by atoms with Gasteiger partial charge in [0.05, 0.1) is 29.9 Å². The number of carbonyl (C=O) groups excluding carboxylic acids is 2. The monoisotopic (exact) mass is 534 g/mol. The molecule has 2 N–H and O–H groups in total. The molecule has 2 aromatic heterocycles. The molecular formula is C25H25F3N4O4S. The Bertz CT molecular complexity index is 1340. The lowest BCUT2D eigenvalue weighted by molar-refractivity contribution is -0.150. The number of rotatable bonds is 6. The number of benzene rings is 1. The summed E-state index contributed by atoms with van der Waals surface area (Å²) in [5, 5.41) is 13.8. The van der Waals surface area contributed by atoms with Crippen molar-refractivity contribution in [3.05, 3.63) is 52.9 Å². The van der Waals surface area contributed by atoms with Gasteiger partial charge in [-0.25, -0.2) is 15.0 Å². The molecule has 0 aliphatic heterocycles. The molecule has 0 radical (unpaired) electrons. The largest absolute Gasteiger partial charge is 0.469 e. The number of methoxy groups -OCH3 is 1. The summed E-state index contributed by atoms with van der Waals surface area (Å²) >= 11 is 1.13. The summed E-state index contributed by atoms with van der Waals surface area (Å²) in [7, 11) is 1.27. The maximum Gasteiger partial charge on any atom is 0.433 e. The molecule has 0 amide bonds. The average Bonchev–Trinajstić information content (AvgIpc) is 3.41. The number of ether oxygens (including phenoxy) is 1. The van der Waals surface area contributed by atoms with Crippen molar-refractivity contribution in [1.29, 1.82) is 0 Å². The molecule has 8 nitrogen and oxygen atoms in total. The number of esters is 1. The fraction of sp³-hybridized carbons (Fsp3) is 0.400. The molecular weight excluding hydrogens is 509 g/mol. The average molecular weight is 535 g/mol. The summed E-state index contributed by atoms with van der Waals surface area (Å²) in [6.45, 7) is 5.28. The van der Waals surface area contributed by atoms with E-state index >= 15 is 0 Å². The van der Waals surface area contributed by atoms with Crippen molar-refractivity contribution < 1.29 is 32.6 Å². The molecule has 12 heteroatoms. The van der Waals surface area contributed by atoms with Crippen LogP contribution >= 0.6 is 11.3 Å². The van der Waals surface area contributed by atoms with Crippen molar-refractivity contribution in [2.45, 2.75) is 39.5 Å². The first-order valence-electron chi connectivity index (χ1n) is 11.4. The lowest BCUT2D eigenvalue weighted by Crippen LogP contribution is -2.36. The second-order valence-corrected chi connectivity index (χ2v) is 10.6. The van der Waals surface area contributed by atoms with Gasteiger partial charge in [-0.15, -0.1) is 11.3 Å². The minimum atomic E-state index is -4.60. The van der Waals surface area contributed by atoms with Crippen molar-refractivity contribution in [2.24, 2.45) is 17.3 Å². The molecule has 3 aromatic rings. The number of aryl methyl sites for hydroxylation is 1. The zero-order valence-corrected chi connectivity index (χ0v) is 21.3. The number of aromatic nitrogens is 3. The SMILES string of the molecule is COC(=O)[C@@H]1CC(C(=O)c2ncc(-c3cc(C)cc(Nc4nccc(C(F)(F)F)n4)c3)s2)[C@H](O)C1(C)C. The van der Waals surface area contributed by atoms with E-state index in [0.29, 0.717) is 16.1 Å². The van der Waals surface area contributed by atoms with Crippen molar-refractivity contribution in [3.63, 3.8) is 0 Å². The highest BCUT2D eigenvalue weighted by atomic mass is 32.1. The maximum absolute atomic E-state index is 13.2. The number of alkyl halides is 3. The Balaban J connectivity index is 1.57. The predicted molar refractivity (Wildman–Crippen MR) is 130 cm³/mol. The van der Waals surface area contributed by atoms with Gasteiger partial charge in [0.2, 0.25) is 5.95 Å². The van der Waals surface area contributed by atoms with Crippen LogP contribution in [0.2, 0.25) is 0 Å². The van der Waals surface area contributed by atoms with Crippen LogP contribution in [0.25, 0.3) is 10.4 Å². The zero-order chi connectivity index (χ0) is 27.1. The van der Waals surface area contributed by atoms with Gasteiger partial charge in [0.15, 0.2) is 10.8 Å². The van der Waals surface area contributed by atoms with E-state index in [1.165, 1.54) is 13.3 Å². The van der Waals surface area contributed by atoms with Crippen LogP contribution in [0, 0.1) is 24.2 Å². The van der Waals surface area contributed by atoms with E-state index in [2.05, 4.69) is 20.3 Å². The molecule has 1 fully saturated rings. The number of aliphatic hydroxyl groups excluding tert-OH is 1. The van der Waals surface area contributed by atoms with Gasteiger partial charge in [-0.05, 0) is 42.7 Å². The van der Waals surface area contributed by atoms with Crippen molar-refractivity contribution in [1.82, 2.24) is 15.0 Å². The Morgan fingerprint density at radius 3 is 2.62 bits per heavy atom. The minimum absolute atomic E-state index is 0.157. The Morgan fingerprint density at radius 1 is 1.22 bits per heavy atom. The number of thiazole rings is 1. The van der Waals surface area contributed by atoms with Crippen LogP contribution in [0.15, 0.2) is 36.7 Å². The van der Waals surface area contributed by atoms with Crippen LogP contribution in [0.5, 0.6) is 0 Å². The molecule has 1 aromatic carbocycles. The van der Waals surface area contributed by atoms with Crippen molar-refractivity contribution >= 4 is 34.7 Å². The van der Waals surface area contributed by atoms with E-state index in [-0.39, 0.29) is 23.2 Å². The van der Waals surface area contributed by atoms with Crippen LogP contribution in [0.1, 0.15) is 41.3 Å². The molecule has 196 valence electrons. The molecule has 1 aliphatic rings. The van der Waals surface area contributed by atoms with Gasteiger partial charge in [0, 0.05) is 23.5 Å². The molecule has 0 spiro atoms. The summed E-state index contributed by atoms with van der Waals surface area (Å²) < 4.78 is 43.8. The van der Waals surface area contributed by atoms with E-state index in [0.717, 1.165) is 29.2 Å². The number of ketones is 1. The van der Waals surface area contributed by atoms with Crippen LogP contribution in [0.4, 0.5) is 24.8 Å². The molecule has 2 heterocycles. The first-order chi connectivity index (χ1) is 17.3. The smallest absolute Gasteiger partial charge is 0.433 e. The maximum atomic E-state index is 13.2. The number of nitrogens with one attached hydrogen (secondary N) is 1. The fourth-order valence-electron chi connectivity index (χ4n) is 4.59. The third kappa shape index (κ3) is 5.35. The van der Waals surface area contributed by atoms with Gasteiger partial charge >= 0.3 is 12.1 Å². The van der Waals surface area contributed by atoms with Crippen LogP contribution in [-0.2, 0) is 15.7 Å². The number of anilines is 2. The fourth-order valence-corrected chi connectivity index (χ4v) is 5.49. The number of hydrogen-bond acceptors (Lipinski definition) is 9. The molecule has 0 bridgehead atoms. The quantitative estimate of drug-likeness (QED) is 0.334. The third-order valence-electron chi connectivity index (χ3n) is 6.63. The van der Waals surface area contributed by atoms with Gasteiger partial charge in [-0.2, -0.15) is 13.2 Å². The molecule has 3 atom stereocenters. The molecule has 1 unspecified atom stereocenters. The summed E-state index contributed by atoms with van der Waals surface area (Å²) in [6, 6.07) is 6.06. The highest BCUT2D eigenvalue weighted by Gasteiger charge is 2.54. The first-order valence-corrected chi connectivity index (χ1v) is 12.2. The minimum Gasteiger partial charge on any atom is -0.469 e. The summed E-state index contributed by atoms with van der Waals surface area (Å²) in [5.41, 5.74) is 0.0587. The normalized spacial score (nSPS) is 21.0. The van der Waals surface area contributed by atoms with Crippen molar-refractivity contribution in [3.8, 4) is 10.4 Å². The van der Waals surface area contributed by atoms with Gasteiger partial charge in [-0.3, -0.25) is 9.59 Å². The molecule has 4 rings (SSSR count). The number of hydrogen-bond donors (Lipinski definition) is 2. The zero-order valence-electron chi connectivity index (χ0n) is 20.5. The first kappa shape index (κ1) is 26.7. The predicted octanol–water partition coefficient (Wildman–Crippen LogP) is 5.05. The summed E-state index contributed by atoms with van der Waals surface area (Å²) in [4.78, 5) is 37.8. The standard InChI is InChI=1S/C25H25F3N4O4S/c1-12-7-13(9-14(8-12)31-23-29-6-5-18(32-23)25(26,27)28)17-11-30-21(37-17)19(33)15-10-16(22(35)36-4)24(2,3)20(15)34/h5-9,11,15-16,20,34H,10H2,1-4H3,(H,29,31,32)/t15?,16-,20-/m0/s1. The van der Waals surface area contributed by atoms with Gasteiger partial charge in [-0.1, -0.05) is 19.9 Å². The highest BCUT2D eigenvalue weighted by molar-refractivity contribution is 7.17. The Morgan fingerprint density at radius 2 is 1.95 bits per heavy atom. The highest BCUT2D eigenvalue weighted by Crippen LogP contribution is 2.48.